The van der Waals surface area contributed by atoms with Crippen molar-refractivity contribution in [2.24, 2.45) is 5.10 Å². The molecule has 3 rings (SSSR count). The molecule has 1 fully saturated rings. The Bertz CT molecular complexity index is 996. The molecule has 6 nitrogen and oxygen atoms in total. The van der Waals surface area contributed by atoms with E-state index in [9.17, 15) is 13.2 Å². The maximum atomic E-state index is 13.3. The van der Waals surface area contributed by atoms with Crippen molar-refractivity contribution in [1.82, 2.24) is 5.43 Å². The minimum absolute atomic E-state index is 0.106. The fourth-order valence-corrected chi connectivity index (χ4v) is 4.76. The number of hydrogen-bond donors (Lipinski definition) is 1. The van der Waals surface area contributed by atoms with E-state index < -0.39 is 22.5 Å². The molecular formula is C21H24ClN3O3S. The van der Waals surface area contributed by atoms with E-state index in [0.29, 0.717) is 10.7 Å². The highest BCUT2D eigenvalue weighted by atomic mass is 35.5. The number of benzene rings is 2. The summed E-state index contributed by atoms with van der Waals surface area (Å²) in [4.78, 5) is 12.6. The molecule has 29 heavy (non-hydrogen) atoms. The summed E-state index contributed by atoms with van der Waals surface area (Å²) in [6.45, 7) is 1.48. The smallest absolute Gasteiger partial charge is 0.264 e. The molecular weight excluding hydrogens is 410 g/mol. The molecule has 1 saturated carbocycles. The molecule has 154 valence electrons. The Kier molecular flexibility index (Phi) is 6.92. The van der Waals surface area contributed by atoms with Crippen LogP contribution in [0.15, 0.2) is 58.5 Å². The van der Waals surface area contributed by atoms with E-state index in [0.717, 1.165) is 41.3 Å². The minimum Gasteiger partial charge on any atom is -0.271 e. The van der Waals surface area contributed by atoms with E-state index in [2.05, 4.69) is 10.5 Å². The Morgan fingerprint density at radius 3 is 2.45 bits per heavy atom. The zero-order valence-electron chi connectivity index (χ0n) is 16.3. The predicted octanol–water partition coefficient (Wildman–Crippen LogP) is 4.28. The number of carbonyl (C=O) groups excluding carboxylic acids is 1. The fraction of sp³-hybridized carbons (Fsp3) is 0.333. The van der Waals surface area contributed by atoms with Crippen LogP contribution >= 0.6 is 11.6 Å². The van der Waals surface area contributed by atoms with Crippen molar-refractivity contribution < 1.29 is 13.2 Å². The number of nitrogens with zero attached hydrogens (tertiary/aromatic N) is 2. The van der Waals surface area contributed by atoms with Crippen molar-refractivity contribution in [2.75, 3.05) is 10.8 Å². The van der Waals surface area contributed by atoms with Gasteiger partial charge in [-0.15, -0.1) is 0 Å². The standard InChI is InChI=1S/C21H24ClN3O3S/c1-16-10-12-20(13-11-16)29(27,28)25(19-9-5-6-17(22)14-19)15-21(26)24-23-18-7-3-2-4-8-18/h5-6,9-14H,2-4,7-8,15H2,1H3,(H,24,26). The highest BCUT2D eigenvalue weighted by Crippen LogP contribution is 2.26. The Labute approximate surface area is 176 Å². The largest absolute Gasteiger partial charge is 0.271 e. The van der Waals surface area contributed by atoms with Crippen LogP contribution in [0.5, 0.6) is 0 Å². The third-order valence-corrected chi connectivity index (χ3v) is 6.78. The number of anilines is 1. The molecule has 0 bridgehead atoms. The van der Waals surface area contributed by atoms with Gasteiger partial charge in [0.15, 0.2) is 0 Å². The molecule has 0 unspecified atom stereocenters. The van der Waals surface area contributed by atoms with Crippen molar-refractivity contribution >= 4 is 38.9 Å². The lowest BCUT2D eigenvalue weighted by Gasteiger charge is -2.24. The molecule has 1 amide bonds. The van der Waals surface area contributed by atoms with E-state index in [-0.39, 0.29) is 4.90 Å². The molecule has 0 aromatic heterocycles. The van der Waals surface area contributed by atoms with Crippen LogP contribution in [0.3, 0.4) is 0 Å². The molecule has 1 N–H and O–H groups in total. The normalized spacial score (nSPS) is 14.3. The van der Waals surface area contributed by atoms with Crippen LogP contribution < -0.4 is 9.73 Å². The topological polar surface area (TPSA) is 78.8 Å². The second-order valence-electron chi connectivity index (χ2n) is 7.08. The highest BCUT2D eigenvalue weighted by molar-refractivity contribution is 7.92. The lowest BCUT2D eigenvalue weighted by Crippen LogP contribution is -2.39. The average molecular weight is 434 g/mol. The van der Waals surface area contributed by atoms with Crippen LogP contribution in [-0.2, 0) is 14.8 Å². The molecule has 0 saturated heterocycles. The van der Waals surface area contributed by atoms with Gasteiger partial charge in [-0.2, -0.15) is 5.10 Å². The zero-order valence-corrected chi connectivity index (χ0v) is 17.8. The monoisotopic (exact) mass is 433 g/mol. The SMILES string of the molecule is Cc1ccc(S(=O)(=O)N(CC(=O)NN=C2CCCCC2)c2cccc(Cl)c2)cc1. The molecule has 0 aliphatic heterocycles. The molecule has 8 heteroatoms. The lowest BCUT2D eigenvalue weighted by molar-refractivity contribution is -0.119. The molecule has 0 radical (unpaired) electrons. The zero-order chi connectivity index (χ0) is 20.9. The Balaban J connectivity index is 1.87. The van der Waals surface area contributed by atoms with E-state index >= 15 is 0 Å². The Hall–Kier alpha value is -2.38. The van der Waals surface area contributed by atoms with Gasteiger partial charge in [-0.05, 0) is 62.9 Å². The molecule has 1 aliphatic rings. The highest BCUT2D eigenvalue weighted by Gasteiger charge is 2.27. The predicted molar refractivity (Wildman–Crippen MR) is 116 cm³/mol. The van der Waals surface area contributed by atoms with E-state index in [1.54, 1.807) is 30.3 Å². The number of amides is 1. The van der Waals surface area contributed by atoms with Gasteiger partial charge >= 0.3 is 0 Å². The Morgan fingerprint density at radius 2 is 1.79 bits per heavy atom. The number of rotatable bonds is 6. The molecule has 1 aliphatic carbocycles. The van der Waals surface area contributed by atoms with Crippen LogP contribution in [0.25, 0.3) is 0 Å². The summed E-state index contributed by atoms with van der Waals surface area (Å²) in [5.41, 5.74) is 4.72. The number of hydrazone groups is 1. The molecule has 0 heterocycles. The summed E-state index contributed by atoms with van der Waals surface area (Å²) in [5, 5.41) is 4.57. The van der Waals surface area contributed by atoms with Crippen molar-refractivity contribution in [3.63, 3.8) is 0 Å². The van der Waals surface area contributed by atoms with Gasteiger partial charge in [0, 0.05) is 10.7 Å². The summed E-state index contributed by atoms with van der Waals surface area (Å²) in [6.07, 6.45) is 5.01. The number of carbonyl (C=O) groups is 1. The second-order valence-corrected chi connectivity index (χ2v) is 9.38. The molecule has 2 aromatic carbocycles. The third kappa shape index (κ3) is 5.58. The first-order valence-electron chi connectivity index (χ1n) is 9.55. The fourth-order valence-electron chi connectivity index (χ4n) is 3.16. The van der Waals surface area contributed by atoms with Gasteiger partial charge in [0.2, 0.25) is 0 Å². The van der Waals surface area contributed by atoms with E-state index in [1.807, 2.05) is 6.92 Å². The lowest BCUT2D eigenvalue weighted by atomic mass is 9.99. The molecule has 0 spiro atoms. The van der Waals surface area contributed by atoms with Crippen LogP contribution in [0.4, 0.5) is 5.69 Å². The van der Waals surface area contributed by atoms with Crippen molar-refractivity contribution in [2.45, 2.75) is 43.9 Å². The van der Waals surface area contributed by atoms with Gasteiger partial charge in [0.25, 0.3) is 15.9 Å². The number of aryl methyl sites for hydroxylation is 1. The second kappa shape index (κ2) is 9.41. The first-order chi connectivity index (χ1) is 13.9. The number of nitrogens with one attached hydrogen (secondary N) is 1. The summed E-state index contributed by atoms with van der Waals surface area (Å²) in [5.74, 6) is -0.501. The maximum absolute atomic E-state index is 13.3. The average Bonchev–Trinajstić information content (AvgIpc) is 2.71. The van der Waals surface area contributed by atoms with Gasteiger partial charge in [-0.1, -0.05) is 41.8 Å². The Morgan fingerprint density at radius 1 is 1.10 bits per heavy atom. The van der Waals surface area contributed by atoms with Gasteiger partial charge in [-0.3, -0.25) is 9.10 Å². The molecule has 0 atom stereocenters. The minimum atomic E-state index is -3.96. The number of hydrogen-bond acceptors (Lipinski definition) is 4. The van der Waals surface area contributed by atoms with Gasteiger partial charge in [0.05, 0.1) is 10.6 Å². The van der Waals surface area contributed by atoms with Gasteiger partial charge in [0.1, 0.15) is 6.54 Å². The van der Waals surface area contributed by atoms with E-state index in [4.69, 9.17) is 11.6 Å². The van der Waals surface area contributed by atoms with Crippen LogP contribution in [0.2, 0.25) is 5.02 Å². The third-order valence-electron chi connectivity index (χ3n) is 4.76. The number of sulfonamides is 1. The van der Waals surface area contributed by atoms with Crippen LogP contribution in [0.1, 0.15) is 37.7 Å². The van der Waals surface area contributed by atoms with Crippen molar-refractivity contribution in [3.05, 3.63) is 59.1 Å². The summed E-state index contributed by atoms with van der Waals surface area (Å²) in [7, 11) is -3.96. The quantitative estimate of drug-likeness (QED) is 0.690. The summed E-state index contributed by atoms with van der Waals surface area (Å²) < 4.78 is 27.6. The van der Waals surface area contributed by atoms with Gasteiger partial charge in [-0.25, -0.2) is 13.8 Å². The van der Waals surface area contributed by atoms with Gasteiger partial charge < -0.3 is 0 Å². The summed E-state index contributed by atoms with van der Waals surface area (Å²) >= 11 is 6.06. The molecule has 2 aromatic rings. The first kappa shape index (κ1) is 21.3. The van der Waals surface area contributed by atoms with Crippen LogP contribution in [-0.4, -0.2) is 26.6 Å². The van der Waals surface area contributed by atoms with E-state index in [1.165, 1.54) is 24.6 Å². The van der Waals surface area contributed by atoms with Crippen molar-refractivity contribution in [3.8, 4) is 0 Å². The maximum Gasteiger partial charge on any atom is 0.264 e. The summed E-state index contributed by atoms with van der Waals surface area (Å²) in [6, 6.07) is 12.9. The first-order valence-corrected chi connectivity index (χ1v) is 11.4. The van der Waals surface area contributed by atoms with Crippen LogP contribution in [0, 0.1) is 6.92 Å². The number of halogens is 1. The van der Waals surface area contributed by atoms with Crippen molar-refractivity contribution in [1.29, 1.82) is 0 Å².